The fourth-order valence-corrected chi connectivity index (χ4v) is 1.43. The quantitative estimate of drug-likeness (QED) is 0.375. The van der Waals surface area contributed by atoms with E-state index in [-0.39, 0.29) is 18.7 Å². The average molecular weight is 228 g/mol. The van der Waals surface area contributed by atoms with Gasteiger partial charge in [-0.2, -0.15) is 0 Å². The summed E-state index contributed by atoms with van der Waals surface area (Å²) in [7, 11) is 0. The van der Waals surface area contributed by atoms with Gasteiger partial charge in [0.15, 0.2) is 0 Å². The van der Waals surface area contributed by atoms with Crippen molar-refractivity contribution in [1.82, 2.24) is 0 Å². The molecule has 0 bridgehead atoms. The maximum absolute atomic E-state index is 11.4. The molecule has 0 aliphatic carbocycles. The van der Waals surface area contributed by atoms with Crippen LogP contribution in [0, 0.1) is 0 Å². The van der Waals surface area contributed by atoms with Gasteiger partial charge in [0.2, 0.25) is 0 Å². The van der Waals surface area contributed by atoms with Crippen molar-refractivity contribution < 1.29 is 14.6 Å². The monoisotopic (exact) mass is 228 g/mol. The molecule has 94 valence electrons. The molecular formula is C13H24O3. The summed E-state index contributed by atoms with van der Waals surface area (Å²) in [6.07, 6.45) is 5.55. The Morgan fingerprint density at radius 2 is 1.94 bits per heavy atom. The number of esters is 1. The van der Waals surface area contributed by atoms with Crippen LogP contribution in [0.15, 0.2) is 12.2 Å². The summed E-state index contributed by atoms with van der Waals surface area (Å²) in [5.41, 5.74) is 0.448. The molecule has 1 atom stereocenters. The molecule has 0 aromatic heterocycles. The minimum atomic E-state index is -0.301. The van der Waals surface area contributed by atoms with Crippen molar-refractivity contribution in [2.24, 2.45) is 0 Å². The molecule has 0 spiro atoms. The zero-order chi connectivity index (χ0) is 12.4. The molecule has 0 amide bonds. The summed E-state index contributed by atoms with van der Waals surface area (Å²) in [4.78, 5) is 11.4. The number of rotatable bonds is 9. The second kappa shape index (κ2) is 9.40. The van der Waals surface area contributed by atoms with E-state index < -0.39 is 0 Å². The van der Waals surface area contributed by atoms with Gasteiger partial charge in [-0.05, 0) is 32.6 Å². The number of aliphatic hydroxyl groups excluding tert-OH is 1. The second-order valence-electron chi connectivity index (χ2n) is 4.17. The van der Waals surface area contributed by atoms with Gasteiger partial charge in [0.05, 0.1) is 0 Å². The van der Waals surface area contributed by atoms with Crippen LogP contribution >= 0.6 is 0 Å². The minimum Gasteiger partial charge on any atom is -0.459 e. The molecule has 0 heterocycles. The van der Waals surface area contributed by atoms with Crippen LogP contribution in [0.25, 0.3) is 0 Å². The van der Waals surface area contributed by atoms with Crippen molar-refractivity contribution >= 4 is 5.97 Å². The van der Waals surface area contributed by atoms with Gasteiger partial charge >= 0.3 is 5.97 Å². The number of aliphatic hydroxyl groups is 1. The largest absolute Gasteiger partial charge is 0.459 e. The summed E-state index contributed by atoms with van der Waals surface area (Å²) in [6.45, 7) is 7.55. The molecule has 3 nitrogen and oxygen atoms in total. The highest BCUT2D eigenvalue weighted by molar-refractivity contribution is 5.87. The summed E-state index contributed by atoms with van der Waals surface area (Å²) >= 11 is 0. The van der Waals surface area contributed by atoms with E-state index in [0.29, 0.717) is 5.57 Å². The highest BCUT2D eigenvalue weighted by Crippen LogP contribution is 2.14. The van der Waals surface area contributed by atoms with E-state index in [2.05, 4.69) is 13.5 Å². The van der Waals surface area contributed by atoms with Crippen LogP contribution in [-0.2, 0) is 9.53 Å². The number of carbonyl (C=O) groups is 1. The molecule has 1 unspecified atom stereocenters. The van der Waals surface area contributed by atoms with E-state index in [1.54, 1.807) is 6.92 Å². The number of hydrogen-bond donors (Lipinski definition) is 1. The highest BCUT2D eigenvalue weighted by Gasteiger charge is 2.13. The molecule has 0 radical (unpaired) electrons. The van der Waals surface area contributed by atoms with Crippen molar-refractivity contribution in [2.75, 3.05) is 6.61 Å². The van der Waals surface area contributed by atoms with Crippen LogP contribution in [0.2, 0.25) is 0 Å². The molecule has 1 N–H and O–H groups in total. The van der Waals surface area contributed by atoms with E-state index in [4.69, 9.17) is 9.84 Å². The topological polar surface area (TPSA) is 46.5 Å². The molecule has 0 saturated heterocycles. The standard InChI is InChI=1S/C13H24O3/c1-4-5-8-12(9-6-7-10-14)16-13(15)11(2)3/h12,14H,2,4-10H2,1,3H3. The molecule has 0 aromatic carbocycles. The minimum absolute atomic E-state index is 0.0179. The zero-order valence-corrected chi connectivity index (χ0v) is 10.5. The molecule has 3 heteroatoms. The lowest BCUT2D eigenvalue weighted by Gasteiger charge is -2.17. The number of carbonyl (C=O) groups excluding carboxylic acids is 1. The van der Waals surface area contributed by atoms with Gasteiger partial charge < -0.3 is 9.84 Å². The Bertz CT molecular complexity index is 211. The van der Waals surface area contributed by atoms with Crippen molar-refractivity contribution in [3.05, 3.63) is 12.2 Å². The van der Waals surface area contributed by atoms with Crippen LogP contribution in [0.3, 0.4) is 0 Å². The lowest BCUT2D eigenvalue weighted by Crippen LogP contribution is -2.18. The highest BCUT2D eigenvalue weighted by atomic mass is 16.5. The normalized spacial score (nSPS) is 12.2. The van der Waals surface area contributed by atoms with E-state index in [1.807, 2.05) is 0 Å². The van der Waals surface area contributed by atoms with E-state index >= 15 is 0 Å². The molecule has 16 heavy (non-hydrogen) atoms. The van der Waals surface area contributed by atoms with Crippen molar-refractivity contribution in [2.45, 2.75) is 58.5 Å². The number of unbranched alkanes of at least 4 members (excludes halogenated alkanes) is 2. The number of ether oxygens (including phenoxy) is 1. The third kappa shape index (κ3) is 7.46. The van der Waals surface area contributed by atoms with E-state index in [1.165, 1.54) is 0 Å². The first-order chi connectivity index (χ1) is 7.61. The Labute approximate surface area is 98.5 Å². The van der Waals surface area contributed by atoms with Crippen molar-refractivity contribution in [3.63, 3.8) is 0 Å². The van der Waals surface area contributed by atoms with Crippen LogP contribution < -0.4 is 0 Å². The van der Waals surface area contributed by atoms with Crippen LogP contribution in [0.5, 0.6) is 0 Å². The second-order valence-corrected chi connectivity index (χ2v) is 4.17. The Balaban J connectivity index is 3.98. The Hall–Kier alpha value is -0.830. The van der Waals surface area contributed by atoms with Gasteiger partial charge in [-0.25, -0.2) is 4.79 Å². The Morgan fingerprint density at radius 1 is 1.31 bits per heavy atom. The maximum atomic E-state index is 11.4. The van der Waals surface area contributed by atoms with Gasteiger partial charge in [0.1, 0.15) is 6.10 Å². The third-order valence-corrected chi connectivity index (χ3v) is 2.44. The third-order valence-electron chi connectivity index (χ3n) is 2.44. The fraction of sp³-hybridized carbons (Fsp3) is 0.769. The van der Waals surface area contributed by atoms with Gasteiger partial charge in [-0.3, -0.25) is 0 Å². The molecule has 0 rings (SSSR count). The number of hydrogen-bond acceptors (Lipinski definition) is 3. The molecule has 0 aliphatic heterocycles. The lowest BCUT2D eigenvalue weighted by molar-refractivity contribution is -0.145. The first-order valence-corrected chi connectivity index (χ1v) is 6.09. The predicted octanol–water partition coefficient (Wildman–Crippen LogP) is 2.83. The predicted molar refractivity (Wildman–Crippen MR) is 65.2 cm³/mol. The Kier molecular flexibility index (Phi) is 8.91. The first-order valence-electron chi connectivity index (χ1n) is 6.09. The van der Waals surface area contributed by atoms with Crippen LogP contribution in [0.4, 0.5) is 0 Å². The van der Waals surface area contributed by atoms with Gasteiger partial charge in [-0.1, -0.05) is 26.3 Å². The molecule has 0 aliphatic rings. The smallest absolute Gasteiger partial charge is 0.333 e. The van der Waals surface area contributed by atoms with E-state index in [9.17, 15) is 4.79 Å². The van der Waals surface area contributed by atoms with Crippen LogP contribution in [0.1, 0.15) is 52.4 Å². The fourth-order valence-electron chi connectivity index (χ4n) is 1.43. The molecular weight excluding hydrogens is 204 g/mol. The average Bonchev–Trinajstić information content (AvgIpc) is 2.25. The van der Waals surface area contributed by atoms with Crippen molar-refractivity contribution in [1.29, 1.82) is 0 Å². The maximum Gasteiger partial charge on any atom is 0.333 e. The molecule has 0 fully saturated rings. The van der Waals surface area contributed by atoms with Crippen molar-refractivity contribution in [3.8, 4) is 0 Å². The summed E-state index contributed by atoms with van der Waals surface area (Å²) in [6, 6.07) is 0. The first kappa shape index (κ1) is 15.2. The summed E-state index contributed by atoms with van der Waals surface area (Å²) in [5.74, 6) is -0.301. The SMILES string of the molecule is C=C(C)C(=O)OC(CCCC)CCCCO. The van der Waals surface area contributed by atoms with Gasteiger partial charge in [-0.15, -0.1) is 0 Å². The van der Waals surface area contributed by atoms with Gasteiger partial charge in [0, 0.05) is 12.2 Å². The Morgan fingerprint density at radius 3 is 2.44 bits per heavy atom. The van der Waals surface area contributed by atoms with Crippen LogP contribution in [-0.4, -0.2) is 23.8 Å². The summed E-state index contributed by atoms with van der Waals surface area (Å²) < 4.78 is 5.34. The molecule has 0 aromatic rings. The van der Waals surface area contributed by atoms with E-state index in [0.717, 1.165) is 38.5 Å². The van der Waals surface area contributed by atoms with Gasteiger partial charge in [0.25, 0.3) is 0 Å². The summed E-state index contributed by atoms with van der Waals surface area (Å²) in [5, 5.41) is 8.70. The molecule has 0 saturated carbocycles. The lowest BCUT2D eigenvalue weighted by atomic mass is 10.1. The zero-order valence-electron chi connectivity index (χ0n) is 10.5.